The lowest BCUT2D eigenvalue weighted by Gasteiger charge is -2.12. The Bertz CT molecular complexity index is 1080. The number of aromatic amines is 1. The van der Waals surface area contributed by atoms with E-state index in [1.54, 1.807) is 6.26 Å². The van der Waals surface area contributed by atoms with Gasteiger partial charge in [0.1, 0.15) is 17.4 Å². The van der Waals surface area contributed by atoms with Crippen LogP contribution in [0, 0.1) is 6.92 Å². The van der Waals surface area contributed by atoms with Crippen LogP contribution >= 0.6 is 0 Å². The molecule has 7 heteroatoms. The minimum Gasteiger partial charge on any atom is -0.469 e. The fourth-order valence-corrected chi connectivity index (χ4v) is 2.80. The van der Waals surface area contributed by atoms with Crippen molar-refractivity contribution in [1.29, 1.82) is 0 Å². The SMILES string of the molecule is Cc1cc(Nc2nc(C=Cc3ccccc3)nc(N)c2Cc2ccco2)n[nH]1. The van der Waals surface area contributed by atoms with Gasteiger partial charge < -0.3 is 15.5 Å². The lowest BCUT2D eigenvalue weighted by atomic mass is 10.1. The zero-order chi connectivity index (χ0) is 19.3. The molecule has 4 rings (SSSR count). The van der Waals surface area contributed by atoms with E-state index >= 15 is 0 Å². The Kier molecular flexibility index (Phi) is 4.88. The number of benzene rings is 1. The number of furan rings is 1. The molecule has 4 aromatic rings. The number of hydrogen-bond acceptors (Lipinski definition) is 6. The lowest BCUT2D eigenvalue weighted by molar-refractivity contribution is 0.521. The van der Waals surface area contributed by atoms with Crippen molar-refractivity contribution < 1.29 is 4.42 Å². The summed E-state index contributed by atoms with van der Waals surface area (Å²) in [5.74, 6) is 2.95. The highest BCUT2D eigenvalue weighted by Gasteiger charge is 2.15. The summed E-state index contributed by atoms with van der Waals surface area (Å²) in [5, 5.41) is 10.4. The van der Waals surface area contributed by atoms with Crippen LogP contribution in [0.25, 0.3) is 12.2 Å². The molecule has 0 saturated carbocycles. The standard InChI is InChI=1S/C21H20N6O/c1-14-12-19(27-26-14)25-21-17(13-16-8-5-11-28-16)20(22)23-18(24-21)10-9-15-6-3-2-4-7-15/h2-12H,13H2,1H3,(H4,22,23,24,25,26,27). The monoisotopic (exact) mass is 372 g/mol. The summed E-state index contributed by atoms with van der Waals surface area (Å²) >= 11 is 0. The summed E-state index contributed by atoms with van der Waals surface area (Å²) in [5.41, 5.74) is 9.03. The molecule has 7 nitrogen and oxygen atoms in total. The highest BCUT2D eigenvalue weighted by atomic mass is 16.3. The number of hydrogen-bond donors (Lipinski definition) is 3. The fraction of sp³-hybridized carbons (Fsp3) is 0.0952. The maximum absolute atomic E-state index is 6.27. The molecule has 3 heterocycles. The molecule has 4 N–H and O–H groups in total. The zero-order valence-electron chi connectivity index (χ0n) is 15.4. The van der Waals surface area contributed by atoms with Crippen molar-refractivity contribution in [3.05, 3.63) is 83.2 Å². The fourth-order valence-electron chi connectivity index (χ4n) is 2.80. The predicted molar refractivity (Wildman–Crippen MR) is 110 cm³/mol. The number of aryl methyl sites for hydroxylation is 1. The number of anilines is 3. The number of nitrogens with two attached hydrogens (primary N) is 1. The smallest absolute Gasteiger partial charge is 0.156 e. The summed E-state index contributed by atoms with van der Waals surface area (Å²) in [7, 11) is 0. The normalized spacial score (nSPS) is 11.2. The van der Waals surface area contributed by atoms with Crippen molar-refractivity contribution in [1.82, 2.24) is 20.2 Å². The van der Waals surface area contributed by atoms with Gasteiger partial charge in [0, 0.05) is 23.7 Å². The van der Waals surface area contributed by atoms with Gasteiger partial charge in [0.15, 0.2) is 11.6 Å². The largest absolute Gasteiger partial charge is 0.469 e. The Morgan fingerprint density at radius 1 is 1.11 bits per heavy atom. The molecule has 28 heavy (non-hydrogen) atoms. The van der Waals surface area contributed by atoms with E-state index in [1.807, 2.05) is 67.6 Å². The maximum Gasteiger partial charge on any atom is 0.156 e. The number of aromatic nitrogens is 4. The number of nitrogens with one attached hydrogen (secondary N) is 2. The Morgan fingerprint density at radius 2 is 1.96 bits per heavy atom. The summed E-state index contributed by atoms with van der Waals surface area (Å²) in [6.07, 6.45) is 5.90. The van der Waals surface area contributed by atoms with E-state index in [4.69, 9.17) is 10.2 Å². The summed E-state index contributed by atoms with van der Waals surface area (Å²) in [6.45, 7) is 1.93. The summed E-state index contributed by atoms with van der Waals surface area (Å²) in [6, 6.07) is 15.6. The van der Waals surface area contributed by atoms with Crippen molar-refractivity contribution in [2.45, 2.75) is 13.3 Å². The Morgan fingerprint density at radius 3 is 2.68 bits per heavy atom. The number of H-pyrrole nitrogens is 1. The second kappa shape index (κ2) is 7.79. The molecule has 1 aromatic carbocycles. The quantitative estimate of drug-likeness (QED) is 0.469. The Labute approximate surface area is 162 Å². The molecule has 0 fully saturated rings. The molecule has 0 aliphatic heterocycles. The molecule has 3 aromatic heterocycles. The van der Waals surface area contributed by atoms with E-state index in [-0.39, 0.29) is 0 Å². The van der Waals surface area contributed by atoms with Gasteiger partial charge in [0.25, 0.3) is 0 Å². The first-order chi connectivity index (χ1) is 13.7. The first-order valence-corrected chi connectivity index (χ1v) is 8.88. The molecule has 0 aliphatic rings. The van der Waals surface area contributed by atoms with Gasteiger partial charge in [-0.25, -0.2) is 9.97 Å². The van der Waals surface area contributed by atoms with Gasteiger partial charge in [0.2, 0.25) is 0 Å². The average Bonchev–Trinajstić information content (AvgIpc) is 3.35. The minimum absolute atomic E-state index is 0.397. The molecule has 140 valence electrons. The lowest BCUT2D eigenvalue weighted by Crippen LogP contribution is -2.08. The zero-order valence-corrected chi connectivity index (χ0v) is 15.4. The van der Waals surface area contributed by atoms with Crippen LogP contribution < -0.4 is 11.1 Å². The van der Waals surface area contributed by atoms with Crippen LogP contribution in [0.5, 0.6) is 0 Å². The van der Waals surface area contributed by atoms with Gasteiger partial charge >= 0.3 is 0 Å². The van der Waals surface area contributed by atoms with Gasteiger partial charge in [-0.05, 0) is 30.7 Å². The first-order valence-electron chi connectivity index (χ1n) is 8.88. The number of nitrogen functional groups attached to an aromatic ring is 1. The summed E-state index contributed by atoms with van der Waals surface area (Å²) in [4.78, 5) is 9.10. The van der Waals surface area contributed by atoms with Crippen molar-refractivity contribution in [3.8, 4) is 0 Å². The van der Waals surface area contributed by atoms with E-state index < -0.39 is 0 Å². The molecule has 0 radical (unpaired) electrons. The molecule has 0 atom stereocenters. The third kappa shape index (κ3) is 4.09. The second-order valence-electron chi connectivity index (χ2n) is 6.36. The highest BCUT2D eigenvalue weighted by molar-refractivity contribution is 5.70. The highest BCUT2D eigenvalue weighted by Crippen LogP contribution is 2.26. The topological polar surface area (TPSA) is 106 Å². The van der Waals surface area contributed by atoms with Gasteiger partial charge in [-0.2, -0.15) is 5.10 Å². The van der Waals surface area contributed by atoms with Gasteiger partial charge in [-0.1, -0.05) is 36.4 Å². The van der Waals surface area contributed by atoms with Crippen LogP contribution in [0.15, 0.2) is 59.2 Å². The Balaban J connectivity index is 1.69. The maximum atomic E-state index is 6.27. The van der Waals surface area contributed by atoms with Crippen molar-refractivity contribution in [3.63, 3.8) is 0 Å². The summed E-state index contributed by atoms with van der Waals surface area (Å²) < 4.78 is 5.46. The van der Waals surface area contributed by atoms with E-state index in [0.717, 1.165) is 22.6 Å². The van der Waals surface area contributed by atoms with Gasteiger partial charge in [0.05, 0.1) is 6.26 Å². The van der Waals surface area contributed by atoms with Gasteiger partial charge in [-0.15, -0.1) is 0 Å². The molecule has 0 aliphatic carbocycles. The molecular weight excluding hydrogens is 352 g/mol. The van der Waals surface area contributed by atoms with E-state index in [2.05, 4.69) is 25.5 Å². The molecular formula is C21H20N6O. The third-order valence-corrected chi connectivity index (χ3v) is 4.16. The molecule has 0 bridgehead atoms. The van der Waals surface area contributed by atoms with Crippen LogP contribution in [-0.2, 0) is 6.42 Å². The first kappa shape index (κ1) is 17.5. The van der Waals surface area contributed by atoms with Gasteiger partial charge in [-0.3, -0.25) is 5.10 Å². The van der Waals surface area contributed by atoms with E-state index in [9.17, 15) is 0 Å². The second-order valence-corrected chi connectivity index (χ2v) is 6.36. The molecule has 0 unspecified atom stereocenters. The van der Waals surface area contributed by atoms with Crippen LogP contribution in [0.2, 0.25) is 0 Å². The predicted octanol–water partition coefficient (Wildman–Crippen LogP) is 4.19. The molecule has 0 saturated heterocycles. The van der Waals surface area contributed by atoms with Crippen LogP contribution in [0.3, 0.4) is 0 Å². The number of rotatable bonds is 6. The van der Waals surface area contributed by atoms with Crippen molar-refractivity contribution in [2.75, 3.05) is 11.1 Å². The van der Waals surface area contributed by atoms with E-state index in [1.165, 1.54) is 0 Å². The van der Waals surface area contributed by atoms with E-state index in [0.29, 0.717) is 29.7 Å². The number of nitrogens with zero attached hydrogens (tertiary/aromatic N) is 3. The van der Waals surface area contributed by atoms with Crippen LogP contribution in [0.4, 0.5) is 17.5 Å². The molecule has 0 spiro atoms. The third-order valence-electron chi connectivity index (χ3n) is 4.16. The van der Waals surface area contributed by atoms with Crippen molar-refractivity contribution >= 4 is 29.6 Å². The van der Waals surface area contributed by atoms with Crippen molar-refractivity contribution in [2.24, 2.45) is 0 Å². The minimum atomic E-state index is 0.397. The average molecular weight is 372 g/mol. The van der Waals surface area contributed by atoms with Crippen LogP contribution in [0.1, 0.15) is 28.4 Å². The Hall–Kier alpha value is -3.87. The molecule has 0 amide bonds. The van der Waals surface area contributed by atoms with Crippen LogP contribution in [-0.4, -0.2) is 20.2 Å².